The average Bonchev–Trinajstić information content (AvgIpc) is 3.13. The molecule has 0 aliphatic heterocycles. The molecule has 5 nitrogen and oxygen atoms in total. The number of nitrogens with zero attached hydrogens (tertiary/aromatic N) is 3. The average molecular weight is 377 g/mol. The van der Waals surface area contributed by atoms with E-state index < -0.39 is 0 Å². The Bertz CT molecular complexity index is 724. The van der Waals surface area contributed by atoms with Crippen LogP contribution in [0.2, 0.25) is 0 Å². The summed E-state index contributed by atoms with van der Waals surface area (Å²) in [6.07, 6.45) is 7.20. The normalized spacial score (nSPS) is 23.6. The molecule has 2 fully saturated rings. The van der Waals surface area contributed by atoms with Gasteiger partial charge in [0.1, 0.15) is 0 Å². The topological polar surface area (TPSA) is 59.8 Å². The second-order valence-corrected chi connectivity index (χ2v) is 9.00. The van der Waals surface area contributed by atoms with Gasteiger partial charge in [0.15, 0.2) is 11.0 Å². The van der Waals surface area contributed by atoms with Crippen molar-refractivity contribution in [2.24, 2.45) is 5.92 Å². The molecule has 7 heteroatoms. The van der Waals surface area contributed by atoms with Crippen molar-refractivity contribution in [3.8, 4) is 10.7 Å². The molecule has 0 aromatic carbocycles. The van der Waals surface area contributed by atoms with Gasteiger partial charge < -0.3 is 5.32 Å². The molecule has 0 radical (unpaired) electrons. The Morgan fingerprint density at radius 3 is 2.88 bits per heavy atom. The monoisotopic (exact) mass is 376 g/mol. The summed E-state index contributed by atoms with van der Waals surface area (Å²) in [7, 11) is 0. The first-order chi connectivity index (χ1) is 12.2. The molecular formula is C18H24N4OS2. The highest BCUT2D eigenvalue weighted by atomic mass is 32.2. The summed E-state index contributed by atoms with van der Waals surface area (Å²) in [4.78, 5) is 13.5. The summed E-state index contributed by atoms with van der Waals surface area (Å²) in [5.74, 6) is 2.06. The molecule has 2 aromatic rings. The summed E-state index contributed by atoms with van der Waals surface area (Å²) in [5.41, 5.74) is 0. The third kappa shape index (κ3) is 3.92. The van der Waals surface area contributed by atoms with E-state index in [0.717, 1.165) is 22.3 Å². The molecule has 2 atom stereocenters. The van der Waals surface area contributed by atoms with Gasteiger partial charge in [-0.15, -0.1) is 21.5 Å². The van der Waals surface area contributed by atoms with Gasteiger partial charge in [0.2, 0.25) is 5.91 Å². The second-order valence-electron chi connectivity index (χ2n) is 7.11. The minimum atomic E-state index is 0.117. The molecule has 2 aliphatic rings. The van der Waals surface area contributed by atoms with E-state index in [1.165, 1.54) is 43.9 Å². The molecule has 0 unspecified atom stereocenters. The first kappa shape index (κ1) is 17.1. The first-order valence-electron chi connectivity index (χ1n) is 9.13. The van der Waals surface area contributed by atoms with Crippen LogP contribution in [0.15, 0.2) is 22.7 Å². The third-order valence-corrected chi connectivity index (χ3v) is 6.92. The predicted molar refractivity (Wildman–Crippen MR) is 102 cm³/mol. The third-order valence-electron chi connectivity index (χ3n) is 5.11. The second kappa shape index (κ2) is 7.50. The van der Waals surface area contributed by atoms with Crippen molar-refractivity contribution in [1.82, 2.24) is 20.1 Å². The van der Waals surface area contributed by atoms with E-state index in [9.17, 15) is 4.79 Å². The fraction of sp³-hybridized carbons (Fsp3) is 0.611. The maximum absolute atomic E-state index is 12.4. The van der Waals surface area contributed by atoms with E-state index in [1.807, 2.05) is 6.07 Å². The van der Waals surface area contributed by atoms with Crippen LogP contribution in [0.25, 0.3) is 10.7 Å². The van der Waals surface area contributed by atoms with Gasteiger partial charge in [-0.05, 0) is 43.0 Å². The minimum Gasteiger partial charge on any atom is -0.352 e. The van der Waals surface area contributed by atoms with Crippen molar-refractivity contribution in [2.45, 2.75) is 62.7 Å². The fourth-order valence-electron chi connectivity index (χ4n) is 3.52. The Kier molecular flexibility index (Phi) is 5.12. The largest absolute Gasteiger partial charge is 0.352 e. The highest BCUT2D eigenvalue weighted by Crippen LogP contribution is 2.41. The summed E-state index contributed by atoms with van der Waals surface area (Å²) < 4.78 is 2.23. The van der Waals surface area contributed by atoms with E-state index in [-0.39, 0.29) is 5.91 Å². The van der Waals surface area contributed by atoms with Gasteiger partial charge in [0.05, 0.1) is 10.6 Å². The van der Waals surface area contributed by atoms with Crippen LogP contribution in [-0.4, -0.2) is 32.5 Å². The zero-order valence-corrected chi connectivity index (χ0v) is 16.1. The lowest BCUT2D eigenvalue weighted by Gasteiger charge is -2.29. The van der Waals surface area contributed by atoms with E-state index >= 15 is 0 Å². The first-order valence-corrected chi connectivity index (χ1v) is 11.0. The molecule has 0 saturated heterocycles. The number of nitrogens with one attached hydrogen (secondary N) is 1. The molecule has 2 aromatic heterocycles. The Morgan fingerprint density at radius 1 is 1.32 bits per heavy atom. The summed E-state index contributed by atoms with van der Waals surface area (Å²) in [5, 5.41) is 14.9. The van der Waals surface area contributed by atoms with Crippen molar-refractivity contribution >= 4 is 29.0 Å². The van der Waals surface area contributed by atoms with Crippen molar-refractivity contribution < 1.29 is 4.79 Å². The van der Waals surface area contributed by atoms with E-state index in [0.29, 0.717) is 23.8 Å². The lowest BCUT2D eigenvalue weighted by Crippen LogP contribution is -2.41. The quantitative estimate of drug-likeness (QED) is 0.770. The lowest BCUT2D eigenvalue weighted by molar-refractivity contribution is -0.119. The SMILES string of the molecule is C[C@H]1CCCC[C@H]1NC(=O)CSc1nnc(-c2cccs2)n1C1CC1. The maximum atomic E-state index is 12.4. The zero-order valence-electron chi connectivity index (χ0n) is 14.5. The van der Waals surface area contributed by atoms with Crippen LogP contribution in [0.1, 0.15) is 51.5 Å². The zero-order chi connectivity index (χ0) is 17.2. The summed E-state index contributed by atoms with van der Waals surface area (Å²) in [6, 6.07) is 4.96. The van der Waals surface area contributed by atoms with Crippen LogP contribution in [0.4, 0.5) is 0 Å². The number of thioether (sulfide) groups is 1. The fourth-order valence-corrected chi connectivity index (χ4v) is 5.04. The standard InChI is InChI=1S/C18H24N4OS2/c1-12-5-2-3-6-14(12)19-16(23)11-25-18-21-20-17(15-7-4-10-24-15)22(18)13-8-9-13/h4,7,10,12-14H,2-3,5-6,8-9,11H2,1H3,(H,19,23)/t12-,14+/m0/s1. The van der Waals surface area contributed by atoms with Gasteiger partial charge >= 0.3 is 0 Å². The van der Waals surface area contributed by atoms with Gasteiger partial charge in [0, 0.05) is 12.1 Å². The van der Waals surface area contributed by atoms with Gasteiger partial charge in [0.25, 0.3) is 0 Å². The minimum absolute atomic E-state index is 0.117. The van der Waals surface area contributed by atoms with Crippen molar-refractivity contribution in [1.29, 1.82) is 0 Å². The van der Waals surface area contributed by atoms with Crippen molar-refractivity contribution in [3.63, 3.8) is 0 Å². The van der Waals surface area contributed by atoms with E-state index in [4.69, 9.17) is 0 Å². The van der Waals surface area contributed by atoms with E-state index in [2.05, 4.69) is 38.5 Å². The number of rotatable bonds is 6. The molecule has 25 heavy (non-hydrogen) atoms. The van der Waals surface area contributed by atoms with Crippen molar-refractivity contribution in [2.75, 3.05) is 5.75 Å². The van der Waals surface area contributed by atoms with Crippen LogP contribution in [0, 0.1) is 5.92 Å². The lowest BCUT2D eigenvalue weighted by atomic mass is 9.86. The molecule has 4 rings (SSSR count). The van der Waals surface area contributed by atoms with Gasteiger partial charge in [-0.3, -0.25) is 9.36 Å². The maximum Gasteiger partial charge on any atom is 0.230 e. The number of thiophene rings is 1. The van der Waals surface area contributed by atoms with Gasteiger partial charge in [-0.25, -0.2) is 0 Å². The molecule has 1 amide bonds. The Labute approximate surface area is 156 Å². The Balaban J connectivity index is 1.40. The molecule has 0 spiro atoms. The van der Waals surface area contributed by atoms with Crippen LogP contribution in [-0.2, 0) is 4.79 Å². The molecule has 1 N–H and O–H groups in total. The van der Waals surface area contributed by atoms with E-state index in [1.54, 1.807) is 11.3 Å². The van der Waals surface area contributed by atoms with Crippen molar-refractivity contribution in [3.05, 3.63) is 17.5 Å². The van der Waals surface area contributed by atoms with Gasteiger partial charge in [-0.2, -0.15) is 0 Å². The number of hydrogen-bond acceptors (Lipinski definition) is 5. The predicted octanol–water partition coefficient (Wildman–Crippen LogP) is 4.13. The highest BCUT2D eigenvalue weighted by Gasteiger charge is 2.31. The Hall–Kier alpha value is -1.34. The Morgan fingerprint density at radius 2 is 2.16 bits per heavy atom. The van der Waals surface area contributed by atoms with Crippen LogP contribution < -0.4 is 5.32 Å². The van der Waals surface area contributed by atoms with Crippen LogP contribution >= 0.6 is 23.1 Å². The van der Waals surface area contributed by atoms with Crippen LogP contribution in [0.5, 0.6) is 0 Å². The summed E-state index contributed by atoms with van der Waals surface area (Å²) in [6.45, 7) is 2.24. The number of carbonyl (C=O) groups is 1. The molecule has 2 heterocycles. The number of amides is 1. The van der Waals surface area contributed by atoms with Gasteiger partial charge in [-0.1, -0.05) is 37.6 Å². The molecule has 134 valence electrons. The smallest absolute Gasteiger partial charge is 0.230 e. The highest BCUT2D eigenvalue weighted by molar-refractivity contribution is 7.99. The number of carbonyl (C=O) groups excluding carboxylic acids is 1. The molecule has 2 saturated carbocycles. The molecule has 2 aliphatic carbocycles. The van der Waals surface area contributed by atoms with Crippen LogP contribution in [0.3, 0.4) is 0 Å². The molecule has 0 bridgehead atoms. The molecular weight excluding hydrogens is 352 g/mol. The number of hydrogen-bond donors (Lipinski definition) is 1. The summed E-state index contributed by atoms with van der Waals surface area (Å²) >= 11 is 3.20. The number of aromatic nitrogens is 3.